The van der Waals surface area contributed by atoms with Crippen molar-refractivity contribution in [3.05, 3.63) is 35.4 Å². The molecule has 0 aliphatic carbocycles. The molecule has 1 rings (SSSR count). The number of ether oxygens (including phenoxy) is 1. The Morgan fingerprint density at radius 3 is 2.79 bits per heavy atom. The van der Waals surface area contributed by atoms with Crippen LogP contribution in [0.5, 0.6) is 0 Å². The molecule has 0 radical (unpaired) electrons. The molecule has 3 N–H and O–H groups in total. The molecule has 5 heteroatoms. The summed E-state index contributed by atoms with van der Waals surface area (Å²) in [7, 11) is 1.53. The number of aryl methyl sites for hydroxylation is 1. The zero-order chi connectivity index (χ0) is 14.1. The summed E-state index contributed by atoms with van der Waals surface area (Å²) in [5, 5.41) is 14.9. The first-order valence-corrected chi connectivity index (χ1v) is 6.36. The van der Waals surface area contributed by atoms with Crippen molar-refractivity contribution in [1.82, 2.24) is 10.6 Å². The van der Waals surface area contributed by atoms with Crippen LogP contribution in [0.15, 0.2) is 24.3 Å². The van der Waals surface area contributed by atoms with Crippen LogP contribution < -0.4 is 10.6 Å². The third kappa shape index (κ3) is 6.22. The summed E-state index contributed by atoms with van der Waals surface area (Å²) in [4.78, 5) is 11.5. The van der Waals surface area contributed by atoms with Crippen molar-refractivity contribution in [2.75, 3.05) is 20.3 Å². The highest BCUT2D eigenvalue weighted by Crippen LogP contribution is 2.05. The number of urea groups is 1. The summed E-state index contributed by atoms with van der Waals surface area (Å²) in [6.07, 6.45) is -0.0623. The van der Waals surface area contributed by atoms with Gasteiger partial charge in [-0.1, -0.05) is 24.3 Å². The summed E-state index contributed by atoms with van der Waals surface area (Å²) < 4.78 is 4.80. The van der Waals surface area contributed by atoms with Gasteiger partial charge in [0.25, 0.3) is 0 Å². The van der Waals surface area contributed by atoms with E-state index in [2.05, 4.69) is 10.6 Å². The quantitative estimate of drug-likeness (QED) is 0.694. The van der Waals surface area contributed by atoms with E-state index in [0.29, 0.717) is 19.5 Å². The Balaban J connectivity index is 2.20. The van der Waals surface area contributed by atoms with Crippen molar-refractivity contribution >= 4 is 6.03 Å². The van der Waals surface area contributed by atoms with Crippen molar-refractivity contribution in [3.8, 4) is 0 Å². The number of aliphatic hydroxyl groups is 1. The second kappa shape index (κ2) is 8.50. The van der Waals surface area contributed by atoms with Crippen LogP contribution in [-0.2, 0) is 11.3 Å². The minimum atomic E-state index is -0.540. The summed E-state index contributed by atoms with van der Waals surface area (Å²) in [6, 6.07) is 7.68. The van der Waals surface area contributed by atoms with E-state index >= 15 is 0 Å². The monoisotopic (exact) mass is 266 g/mol. The lowest BCUT2D eigenvalue weighted by Crippen LogP contribution is -2.37. The lowest BCUT2D eigenvalue weighted by atomic mass is 10.1. The topological polar surface area (TPSA) is 70.6 Å². The Hall–Kier alpha value is -1.59. The molecular formula is C14H22N2O3. The fraction of sp³-hybridized carbons (Fsp3) is 0.500. The molecule has 0 saturated heterocycles. The highest BCUT2D eigenvalue weighted by atomic mass is 16.5. The maximum atomic E-state index is 11.5. The van der Waals surface area contributed by atoms with Gasteiger partial charge < -0.3 is 20.5 Å². The SMILES string of the molecule is COCC(O)CCNC(=O)NCc1ccccc1C. The first-order valence-electron chi connectivity index (χ1n) is 6.36. The molecule has 5 nitrogen and oxygen atoms in total. The smallest absolute Gasteiger partial charge is 0.315 e. The van der Waals surface area contributed by atoms with Crippen LogP contribution in [0.2, 0.25) is 0 Å². The van der Waals surface area contributed by atoms with Crippen LogP contribution in [-0.4, -0.2) is 37.5 Å². The van der Waals surface area contributed by atoms with E-state index in [-0.39, 0.29) is 12.6 Å². The fourth-order valence-corrected chi connectivity index (χ4v) is 1.67. The van der Waals surface area contributed by atoms with E-state index in [4.69, 9.17) is 4.74 Å². The fourth-order valence-electron chi connectivity index (χ4n) is 1.67. The molecule has 0 bridgehead atoms. The summed E-state index contributed by atoms with van der Waals surface area (Å²) >= 11 is 0. The number of hydrogen-bond acceptors (Lipinski definition) is 3. The predicted octanol–water partition coefficient (Wildman–Crippen LogP) is 1.19. The van der Waals surface area contributed by atoms with Crippen molar-refractivity contribution < 1.29 is 14.6 Å². The molecule has 0 fully saturated rings. The van der Waals surface area contributed by atoms with Crippen LogP contribution in [0, 0.1) is 6.92 Å². The molecule has 0 aliphatic rings. The van der Waals surface area contributed by atoms with Gasteiger partial charge in [-0.2, -0.15) is 0 Å². The third-order valence-electron chi connectivity index (χ3n) is 2.82. The van der Waals surface area contributed by atoms with Gasteiger partial charge in [-0.05, 0) is 24.5 Å². The molecule has 1 unspecified atom stereocenters. The minimum Gasteiger partial charge on any atom is -0.391 e. The van der Waals surface area contributed by atoms with Gasteiger partial charge >= 0.3 is 6.03 Å². The molecule has 1 aromatic carbocycles. The van der Waals surface area contributed by atoms with Crippen molar-refractivity contribution in [2.45, 2.75) is 26.0 Å². The van der Waals surface area contributed by atoms with Gasteiger partial charge in [-0.15, -0.1) is 0 Å². The van der Waals surface area contributed by atoms with Gasteiger partial charge in [0.05, 0.1) is 12.7 Å². The van der Waals surface area contributed by atoms with Gasteiger partial charge in [-0.3, -0.25) is 0 Å². The molecule has 0 heterocycles. The largest absolute Gasteiger partial charge is 0.391 e. The average molecular weight is 266 g/mol. The van der Waals surface area contributed by atoms with Crippen molar-refractivity contribution in [3.63, 3.8) is 0 Å². The highest BCUT2D eigenvalue weighted by molar-refractivity contribution is 5.73. The Morgan fingerprint density at radius 2 is 2.11 bits per heavy atom. The van der Waals surface area contributed by atoms with Gasteiger partial charge in [0.15, 0.2) is 0 Å². The van der Waals surface area contributed by atoms with E-state index < -0.39 is 6.10 Å². The predicted molar refractivity (Wildman–Crippen MR) is 73.9 cm³/mol. The second-order valence-electron chi connectivity index (χ2n) is 4.43. The van der Waals surface area contributed by atoms with Crippen LogP contribution >= 0.6 is 0 Å². The Kier molecular flexibility index (Phi) is 6.92. The van der Waals surface area contributed by atoms with Crippen LogP contribution in [0.1, 0.15) is 17.5 Å². The van der Waals surface area contributed by atoms with Crippen LogP contribution in [0.3, 0.4) is 0 Å². The summed E-state index contributed by atoms with van der Waals surface area (Å²) in [5.74, 6) is 0. The number of methoxy groups -OCH3 is 1. The van der Waals surface area contributed by atoms with Gasteiger partial charge in [-0.25, -0.2) is 4.79 Å². The molecule has 0 saturated carbocycles. The lowest BCUT2D eigenvalue weighted by molar-refractivity contribution is 0.0598. The number of nitrogens with one attached hydrogen (secondary N) is 2. The molecule has 19 heavy (non-hydrogen) atoms. The van der Waals surface area contributed by atoms with E-state index in [1.807, 2.05) is 31.2 Å². The number of rotatable bonds is 7. The Labute approximate surface area is 114 Å². The van der Waals surface area contributed by atoms with E-state index in [0.717, 1.165) is 11.1 Å². The lowest BCUT2D eigenvalue weighted by Gasteiger charge is -2.11. The normalized spacial score (nSPS) is 11.9. The Bertz CT molecular complexity index is 396. The van der Waals surface area contributed by atoms with Gasteiger partial charge in [0, 0.05) is 20.2 Å². The Morgan fingerprint density at radius 1 is 1.37 bits per heavy atom. The number of carbonyl (C=O) groups excluding carboxylic acids is 1. The highest BCUT2D eigenvalue weighted by Gasteiger charge is 2.05. The third-order valence-corrected chi connectivity index (χ3v) is 2.82. The molecular weight excluding hydrogens is 244 g/mol. The average Bonchev–Trinajstić information content (AvgIpc) is 2.38. The van der Waals surface area contributed by atoms with E-state index in [1.165, 1.54) is 7.11 Å². The molecule has 0 spiro atoms. The molecule has 0 aromatic heterocycles. The number of aliphatic hydroxyl groups excluding tert-OH is 1. The number of carbonyl (C=O) groups is 1. The number of amides is 2. The number of benzene rings is 1. The maximum Gasteiger partial charge on any atom is 0.315 e. The second-order valence-corrected chi connectivity index (χ2v) is 4.43. The van der Waals surface area contributed by atoms with Gasteiger partial charge in [0.1, 0.15) is 0 Å². The van der Waals surface area contributed by atoms with E-state index in [1.54, 1.807) is 0 Å². The standard InChI is InChI=1S/C14H22N2O3/c1-11-5-3-4-6-12(11)9-16-14(18)15-8-7-13(17)10-19-2/h3-6,13,17H,7-10H2,1-2H3,(H2,15,16,18). The van der Waals surface area contributed by atoms with Crippen LogP contribution in [0.4, 0.5) is 4.79 Å². The molecule has 1 aromatic rings. The summed E-state index contributed by atoms with van der Waals surface area (Å²) in [6.45, 7) is 3.21. The summed E-state index contributed by atoms with van der Waals surface area (Å²) in [5.41, 5.74) is 2.25. The van der Waals surface area contributed by atoms with Crippen molar-refractivity contribution in [2.24, 2.45) is 0 Å². The first kappa shape index (κ1) is 15.5. The first-order chi connectivity index (χ1) is 9.13. The zero-order valence-electron chi connectivity index (χ0n) is 11.5. The van der Waals surface area contributed by atoms with Crippen LogP contribution in [0.25, 0.3) is 0 Å². The number of hydrogen-bond donors (Lipinski definition) is 3. The molecule has 106 valence electrons. The zero-order valence-corrected chi connectivity index (χ0v) is 11.5. The maximum absolute atomic E-state index is 11.5. The molecule has 0 aliphatic heterocycles. The van der Waals surface area contributed by atoms with Gasteiger partial charge in [0.2, 0.25) is 0 Å². The molecule has 2 amide bonds. The molecule has 1 atom stereocenters. The van der Waals surface area contributed by atoms with Crippen molar-refractivity contribution in [1.29, 1.82) is 0 Å². The van der Waals surface area contributed by atoms with E-state index in [9.17, 15) is 9.90 Å². The minimum absolute atomic E-state index is 0.229.